The maximum absolute atomic E-state index is 13.1. The van der Waals surface area contributed by atoms with Crippen LogP contribution in [0.4, 0.5) is 26.3 Å². The molecule has 1 heterocycles. The van der Waals surface area contributed by atoms with Crippen LogP contribution in [-0.2, 0) is 17.1 Å². The summed E-state index contributed by atoms with van der Waals surface area (Å²) in [5.74, 6) is 0.114. The Hall–Kier alpha value is -1.32. The Morgan fingerprint density at radius 1 is 1.10 bits per heavy atom. The van der Waals surface area contributed by atoms with Gasteiger partial charge >= 0.3 is 12.4 Å². The van der Waals surface area contributed by atoms with E-state index in [9.17, 15) is 31.4 Å². The number of benzene rings is 1. The number of halogens is 6. The second-order valence-corrected chi connectivity index (χ2v) is 8.21. The lowest BCUT2D eigenvalue weighted by molar-refractivity contribution is -0.143. The van der Waals surface area contributed by atoms with E-state index >= 15 is 0 Å². The van der Waals surface area contributed by atoms with Crippen LogP contribution < -0.4 is 0 Å². The van der Waals surface area contributed by atoms with Crippen LogP contribution in [0.2, 0.25) is 0 Å². The summed E-state index contributed by atoms with van der Waals surface area (Å²) in [7, 11) is 1.87. The lowest BCUT2D eigenvalue weighted by Crippen LogP contribution is -2.54. The molecule has 1 aromatic carbocycles. The van der Waals surface area contributed by atoms with Crippen molar-refractivity contribution in [2.75, 3.05) is 20.2 Å². The first-order chi connectivity index (χ1) is 13.1. The average Bonchev–Trinajstić information content (AvgIpc) is 2.60. The molecule has 0 radical (unpaired) electrons. The lowest BCUT2D eigenvalue weighted by atomic mass is 9.82. The smallest absolute Gasteiger partial charge is 0.393 e. The molecule has 0 aliphatic carbocycles. The monoisotopic (exact) mass is 427 g/mol. The molecule has 2 rings (SSSR count). The van der Waals surface area contributed by atoms with Crippen LogP contribution in [0.15, 0.2) is 18.2 Å². The molecule has 0 spiro atoms. The van der Waals surface area contributed by atoms with Gasteiger partial charge in [-0.1, -0.05) is 0 Å². The van der Waals surface area contributed by atoms with Gasteiger partial charge in [0.05, 0.1) is 29.9 Å². The zero-order valence-corrected chi connectivity index (χ0v) is 16.9. The molecule has 0 amide bonds. The zero-order chi connectivity index (χ0) is 22.2. The molecular formula is C20H27F6NO2. The van der Waals surface area contributed by atoms with Crippen LogP contribution >= 0.6 is 0 Å². The van der Waals surface area contributed by atoms with Crippen LogP contribution in [-0.4, -0.2) is 41.8 Å². The van der Waals surface area contributed by atoms with Gasteiger partial charge < -0.3 is 9.84 Å². The summed E-state index contributed by atoms with van der Waals surface area (Å²) in [6, 6.07) is 1.52. The second-order valence-electron chi connectivity index (χ2n) is 8.21. The molecule has 4 atom stereocenters. The predicted octanol–water partition coefficient (Wildman–Crippen LogP) is 5.28. The number of aliphatic hydroxyl groups excluding tert-OH is 1. The van der Waals surface area contributed by atoms with Gasteiger partial charge in [0.1, 0.15) is 0 Å². The first kappa shape index (κ1) is 24.0. The van der Waals surface area contributed by atoms with Crippen LogP contribution in [0, 0.1) is 5.92 Å². The number of nitrogens with zero attached hydrogens (tertiary/aromatic N) is 1. The number of rotatable bonds is 5. The molecule has 3 nitrogen and oxygen atoms in total. The van der Waals surface area contributed by atoms with Gasteiger partial charge in [0.2, 0.25) is 0 Å². The van der Waals surface area contributed by atoms with E-state index in [1.807, 2.05) is 18.9 Å². The summed E-state index contributed by atoms with van der Waals surface area (Å²) in [4.78, 5) is 2.02. The van der Waals surface area contributed by atoms with Gasteiger partial charge in [0, 0.05) is 12.1 Å². The third kappa shape index (κ3) is 5.86. The molecule has 1 fully saturated rings. The fraction of sp³-hybridized carbons (Fsp3) is 0.700. The summed E-state index contributed by atoms with van der Waals surface area (Å²) in [5.41, 5.74) is -3.29. The molecular weight excluding hydrogens is 400 g/mol. The third-order valence-corrected chi connectivity index (χ3v) is 5.89. The first-order valence-electron chi connectivity index (χ1n) is 9.44. The molecule has 1 aliphatic heterocycles. The summed E-state index contributed by atoms with van der Waals surface area (Å²) >= 11 is 0. The minimum Gasteiger partial charge on any atom is -0.393 e. The summed E-state index contributed by atoms with van der Waals surface area (Å²) in [6.07, 6.45) is -9.71. The van der Waals surface area contributed by atoms with Crippen molar-refractivity contribution >= 4 is 0 Å². The van der Waals surface area contributed by atoms with E-state index < -0.39 is 41.2 Å². The fourth-order valence-corrected chi connectivity index (χ4v) is 3.54. The summed E-state index contributed by atoms with van der Waals surface area (Å²) < 4.78 is 84.1. The normalized spacial score (nSPS) is 26.4. The highest BCUT2D eigenvalue weighted by Crippen LogP contribution is 2.38. The summed E-state index contributed by atoms with van der Waals surface area (Å²) in [5, 5.41) is 9.77. The fourth-order valence-electron chi connectivity index (χ4n) is 3.54. The van der Waals surface area contributed by atoms with Crippen molar-refractivity contribution in [2.45, 2.75) is 63.7 Å². The largest absolute Gasteiger partial charge is 0.416 e. The van der Waals surface area contributed by atoms with Gasteiger partial charge in [-0.25, -0.2) is 0 Å². The number of piperidine rings is 1. The highest BCUT2D eigenvalue weighted by Gasteiger charge is 2.39. The van der Waals surface area contributed by atoms with E-state index in [0.29, 0.717) is 25.1 Å². The molecule has 0 saturated carbocycles. The van der Waals surface area contributed by atoms with Gasteiger partial charge in [-0.05, 0) is 70.3 Å². The SMILES string of the molecule is CC(OCC1(C)CCC(C(C)O)CN1C)c1cc(C(F)(F)F)cc(C(F)(F)F)c1. The Morgan fingerprint density at radius 2 is 1.62 bits per heavy atom. The van der Waals surface area contributed by atoms with Crippen molar-refractivity contribution < 1.29 is 36.2 Å². The number of hydrogen-bond donors (Lipinski definition) is 1. The molecule has 29 heavy (non-hydrogen) atoms. The molecule has 1 saturated heterocycles. The molecule has 1 N–H and O–H groups in total. The highest BCUT2D eigenvalue weighted by molar-refractivity contribution is 5.34. The number of ether oxygens (including phenoxy) is 1. The van der Waals surface area contributed by atoms with Gasteiger partial charge in [-0.2, -0.15) is 26.3 Å². The predicted molar refractivity (Wildman–Crippen MR) is 96.3 cm³/mol. The molecule has 1 aromatic rings. The maximum Gasteiger partial charge on any atom is 0.416 e. The molecule has 1 aliphatic rings. The van der Waals surface area contributed by atoms with E-state index in [1.165, 1.54) is 6.92 Å². The lowest BCUT2D eigenvalue weighted by Gasteiger charge is -2.46. The number of likely N-dealkylation sites (N-methyl/N-ethyl adjacent to an activating group) is 1. The molecule has 0 aromatic heterocycles. The van der Waals surface area contributed by atoms with Crippen molar-refractivity contribution in [1.29, 1.82) is 0 Å². The van der Waals surface area contributed by atoms with Crippen LogP contribution in [0.3, 0.4) is 0 Å². The minimum atomic E-state index is -4.89. The van der Waals surface area contributed by atoms with Crippen molar-refractivity contribution in [1.82, 2.24) is 4.90 Å². The van der Waals surface area contributed by atoms with Crippen LogP contribution in [0.25, 0.3) is 0 Å². The number of hydrogen-bond acceptors (Lipinski definition) is 3. The Bertz CT molecular complexity index is 671. The molecule has 166 valence electrons. The Morgan fingerprint density at radius 3 is 2.03 bits per heavy atom. The highest BCUT2D eigenvalue weighted by atomic mass is 19.4. The molecule has 9 heteroatoms. The molecule has 0 bridgehead atoms. The van der Waals surface area contributed by atoms with E-state index in [4.69, 9.17) is 4.74 Å². The van der Waals surface area contributed by atoms with Crippen molar-refractivity contribution in [3.63, 3.8) is 0 Å². The van der Waals surface area contributed by atoms with Crippen molar-refractivity contribution in [3.8, 4) is 0 Å². The van der Waals surface area contributed by atoms with Gasteiger partial charge in [-0.3, -0.25) is 4.90 Å². The van der Waals surface area contributed by atoms with E-state index in [0.717, 1.165) is 6.42 Å². The van der Waals surface area contributed by atoms with Gasteiger partial charge in [0.15, 0.2) is 0 Å². The third-order valence-electron chi connectivity index (χ3n) is 5.89. The Kier molecular flexibility index (Phi) is 6.96. The van der Waals surface area contributed by atoms with Crippen LogP contribution in [0.1, 0.15) is 56.4 Å². The number of likely N-dealkylation sites (tertiary alicyclic amines) is 1. The second kappa shape index (κ2) is 8.43. The Labute approximate surface area is 166 Å². The van der Waals surface area contributed by atoms with E-state index in [-0.39, 0.29) is 24.2 Å². The standard InChI is InChI=1S/C20H27F6NO2/c1-12(28)14-5-6-18(3,27(4)10-14)11-29-13(2)15-7-16(19(21,22)23)9-17(8-15)20(24,25)26/h7-9,12-14,28H,5-6,10-11H2,1-4H3. The van der Waals surface area contributed by atoms with Crippen molar-refractivity contribution in [2.24, 2.45) is 5.92 Å². The Balaban J connectivity index is 2.17. The van der Waals surface area contributed by atoms with Crippen LogP contribution in [0.5, 0.6) is 0 Å². The quantitative estimate of drug-likeness (QED) is 0.649. The van der Waals surface area contributed by atoms with Crippen molar-refractivity contribution in [3.05, 3.63) is 34.9 Å². The summed E-state index contributed by atoms with van der Waals surface area (Å²) in [6.45, 7) is 5.89. The first-order valence-corrected chi connectivity index (χ1v) is 9.44. The number of alkyl halides is 6. The minimum absolute atomic E-state index is 0.114. The average molecular weight is 427 g/mol. The number of aliphatic hydroxyl groups is 1. The van der Waals surface area contributed by atoms with E-state index in [1.54, 1.807) is 6.92 Å². The topological polar surface area (TPSA) is 32.7 Å². The van der Waals surface area contributed by atoms with Gasteiger partial charge in [0.25, 0.3) is 0 Å². The maximum atomic E-state index is 13.1. The zero-order valence-electron chi connectivity index (χ0n) is 16.9. The van der Waals surface area contributed by atoms with E-state index in [2.05, 4.69) is 0 Å². The van der Waals surface area contributed by atoms with Gasteiger partial charge in [-0.15, -0.1) is 0 Å². The molecule has 4 unspecified atom stereocenters.